The summed E-state index contributed by atoms with van der Waals surface area (Å²) in [6.07, 6.45) is 2.68. The van der Waals surface area contributed by atoms with Gasteiger partial charge in [0, 0.05) is 30.6 Å². The number of hydrogen-bond donors (Lipinski definition) is 3. The summed E-state index contributed by atoms with van der Waals surface area (Å²) >= 11 is 0.516. The second-order valence-electron chi connectivity index (χ2n) is 11.1. The van der Waals surface area contributed by atoms with Crippen LogP contribution < -0.4 is 10.6 Å². The zero-order chi connectivity index (χ0) is 30.7. The molecule has 8 nitrogen and oxygen atoms in total. The van der Waals surface area contributed by atoms with Gasteiger partial charge in [-0.3, -0.25) is 19.9 Å². The number of nitrogens with one attached hydrogen (secondary N) is 3. The van der Waals surface area contributed by atoms with E-state index < -0.39 is 22.6 Å². The summed E-state index contributed by atoms with van der Waals surface area (Å²) in [5.41, 5.74) is 2.52. The molecule has 2 aromatic carbocycles. The van der Waals surface area contributed by atoms with Crippen molar-refractivity contribution < 1.29 is 23.3 Å². The Hall–Kier alpha value is -3.09. The maximum atomic E-state index is 14.7. The molecule has 3 N–H and O–H groups in total. The quantitative estimate of drug-likeness (QED) is 0.134. The van der Waals surface area contributed by atoms with E-state index in [0.717, 1.165) is 53.3 Å². The zero-order valence-corrected chi connectivity index (χ0v) is 26.2. The third-order valence-electron chi connectivity index (χ3n) is 8.38. The first-order valence-corrected chi connectivity index (χ1v) is 16.7. The molecule has 2 amide bonds. The fourth-order valence-corrected chi connectivity index (χ4v) is 8.09. The number of nitrogens with zero attached hydrogens (tertiary/aromatic N) is 1. The number of ether oxygens (including phenoxy) is 1. The molecule has 43 heavy (non-hydrogen) atoms. The van der Waals surface area contributed by atoms with Crippen LogP contribution in [0.5, 0.6) is 0 Å². The lowest BCUT2D eigenvalue weighted by atomic mass is 9.83. The summed E-state index contributed by atoms with van der Waals surface area (Å²) in [5, 5.41) is 13.0. The third kappa shape index (κ3) is 6.71. The maximum Gasteiger partial charge on any atom is 0.261 e. The number of benzene rings is 2. The van der Waals surface area contributed by atoms with Gasteiger partial charge in [0.1, 0.15) is 23.0 Å². The van der Waals surface area contributed by atoms with Crippen LogP contribution in [0.3, 0.4) is 0 Å². The number of fused-ring (bicyclic) bond motifs is 2. The van der Waals surface area contributed by atoms with Crippen LogP contribution >= 0.6 is 11.3 Å². The van der Waals surface area contributed by atoms with Crippen molar-refractivity contribution in [3.05, 3.63) is 86.4 Å². The Balaban J connectivity index is 1.25. The highest BCUT2D eigenvalue weighted by Crippen LogP contribution is 2.48. The number of hydrogen-bond acceptors (Lipinski definition) is 7. The van der Waals surface area contributed by atoms with Crippen LogP contribution in [-0.2, 0) is 39.3 Å². The van der Waals surface area contributed by atoms with Crippen LogP contribution in [0.15, 0.2) is 53.4 Å². The Morgan fingerprint density at radius 2 is 1.98 bits per heavy atom. The lowest BCUT2D eigenvalue weighted by Crippen LogP contribution is -2.48. The maximum absolute atomic E-state index is 14.7. The van der Waals surface area contributed by atoms with Gasteiger partial charge in [-0.05, 0) is 98.2 Å². The summed E-state index contributed by atoms with van der Waals surface area (Å²) in [4.78, 5) is 28.7. The van der Waals surface area contributed by atoms with Gasteiger partial charge < -0.3 is 19.9 Å². The van der Waals surface area contributed by atoms with Gasteiger partial charge in [-0.15, -0.1) is 11.3 Å². The molecule has 3 heterocycles. The van der Waals surface area contributed by atoms with Gasteiger partial charge >= 0.3 is 0 Å². The van der Waals surface area contributed by atoms with Gasteiger partial charge in [0.15, 0.2) is 4.90 Å². The van der Waals surface area contributed by atoms with Crippen molar-refractivity contribution in [3.8, 4) is 0 Å². The second kappa shape index (κ2) is 13.3. The van der Waals surface area contributed by atoms with E-state index in [1.807, 2.05) is 44.2 Å². The van der Waals surface area contributed by atoms with Crippen molar-refractivity contribution in [1.29, 1.82) is 5.41 Å². The summed E-state index contributed by atoms with van der Waals surface area (Å²) < 4.78 is 33.4. The SMILES string of the molecule is CC[S+]([O-])c1ccc(CNC(=O)c2cc3c(s2)C2(CCN(C(C)c4ccc(C(=N)NC=O)c(F)c4)CC2)O[C@@H](C)C3)cc1. The van der Waals surface area contributed by atoms with Crippen LogP contribution in [-0.4, -0.2) is 52.6 Å². The summed E-state index contributed by atoms with van der Waals surface area (Å²) in [6, 6.07) is 14.3. The average Bonchev–Trinajstić information content (AvgIpc) is 3.45. The van der Waals surface area contributed by atoms with Crippen LogP contribution in [0, 0.1) is 11.2 Å². The number of amides is 2. The average molecular weight is 625 g/mol. The van der Waals surface area contributed by atoms with Crippen LogP contribution in [0.25, 0.3) is 0 Å². The van der Waals surface area contributed by atoms with E-state index in [4.69, 9.17) is 10.1 Å². The lowest BCUT2D eigenvalue weighted by molar-refractivity contribution is -0.134. The summed E-state index contributed by atoms with van der Waals surface area (Å²) in [5.74, 6) is -0.352. The Morgan fingerprint density at radius 1 is 1.26 bits per heavy atom. The standard InChI is InChI=1S/C32H37FN4O4S2/c1-4-43(40)25-8-5-22(6-9-25)18-35-31(39)28-17-24-15-20(2)41-32(29(24)42-28)11-13-37(14-12-32)21(3)23-7-10-26(27(33)16-23)30(34)36-19-38/h5-10,16-17,19-21H,4,11-15,18H2,1-3H3,(H,35,39)(H2,34,36,38)/t20-,21?,43?/m0/s1. The first-order chi connectivity index (χ1) is 20.6. The first kappa shape index (κ1) is 31.3. The minimum Gasteiger partial charge on any atom is -0.611 e. The molecule has 2 aliphatic rings. The molecule has 2 unspecified atom stereocenters. The van der Waals surface area contributed by atoms with E-state index in [1.54, 1.807) is 6.07 Å². The largest absolute Gasteiger partial charge is 0.611 e. The Bertz CT molecular complexity index is 1490. The van der Waals surface area contributed by atoms with Crippen LogP contribution in [0.1, 0.15) is 76.5 Å². The summed E-state index contributed by atoms with van der Waals surface area (Å²) in [6.45, 7) is 7.89. The minimum atomic E-state index is -0.999. The highest BCUT2D eigenvalue weighted by molar-refractivity contribution is 7.91. The number of carbonyl (C=O) groups excluding carboxylic acids is 2. The number of piperidine rings is 1. The zero-order valence-electron chi connectivity index (χ0n) is 24.6. The third-order valence-corrected chi connectivity index (χ3v) is 11.1. The van der Waals surface area contributed by atoms with Crippen molar-refractivity contribution in [2.45, 2.75) is 69.2 Å². The molecule has 0 radical (unpaired) electrons. The number of halogens is 1. The highest BCUT2D eigenvalue weighted by Gasteiger charge is 2.45. The molecule has 0 bridgehead atoms. The molecule has 0 aliphatic carbocycles. The van der Waals surface area contributed by atoms with E-state index in [2.05, 4.69) is 22.5 Å². The van der Waals surface area contributed by atoms with Crippen LogP contribution in [0.4, 0.5) is 4.39 Å². The fraction of sp³-hybridized carbons (Fsp3) is 0.406. The fourth-order valence-electron chi connectivity index (χ4n) is 6.02. The number of thiophene rings is 1. The smallest absolute Gasteiger partial charge is 0.261 e. The minimum absolute atomic E-state index is 0.0334. The lowest BCUT2D eigenvalue weighted by Gasteiger charge is -2.47. The second-order valence-corrected chi connectivity index (χ2v) is 13.9. The van der Waals surface area contributed by atoms with Crippen molar-refractivity contribution in [1.82, 2.24) is 15.5 Å². The van der Waals surface area contributed by atoms with Crippen molar-refractivity contribution >= 4 is 40.7 Å². The molecule has 11 heteroatoms. The molecule has 0 saturated carbocycles. The molecule has 3 atom stereocenters. The van der Waals surface area contributed by atoms with Gasteiger partial charge in [-0.2, -0.15) is 0 Å². The van der Waals surface area contributed by atoms with Crippen LogP contribution in [0.2, 0.25) is 0 Å². The highest BCUT2D eigenvalue weighted by atomic mass is 32.2. The van der Waals surface area contributed by atoms with Gasteiger partial charge in [-0.1, -0.05) is 18.2 Å². The summed E-state index contributed by atoms with van der Waals surface area (Å²) in [7, 11) is 0. The predicted molar refractivity (Wildman–Crippen MR) is 166 cm³/mol. The molecular weight excluding hydrogens is 588 g/mol. The van der Waals surface area contributed by atoms with Gasteiger partial charge in [-0.25, -0.2) is 4.39 Å². The monoisotopic (exact) mass is 624 g/mol. The van der Waals surface area contributed by atoms with Gasteiger partial charge in [0.05, 0.1) is 16.5 Å². The predicted octanol–water partition coefficient (Wildman–Crippen LogP) is 5.03. The van der Waals surface area contributed by atoms with E-state index in [-0.39, 0.29) is 29.5 Å². The number of carbonyl (C=O) groups is 2. The number of amidine groups is 1. The van der Waals surface area contributed by atoms with E-state index in [9.17, 15) is 18.5 Å². The first-order valence-electron chi connectivity index (χ1n) is 14.5. The van der Waals surface area contributed by atoms with Gasteiger partial charge in [0.25, 0.3) is 5.91 Å². The molecule has 5 rings (SSSR count). The van der Waals surface area contributed by atoms with Crippen molar-refractivity contribution in [2.24, 2.45) is 0 Å². The van der Waals surface area contributed by atoms with Crippen molar-refractivity contribution in [3.63, 3.8) is 0 Å². The molecule has 1 saturated heterocycles. The molecule has 2 aliphatic heterocycles. The Labute approximate surface area is 258 Å². The molecule has 3 aromatic rings. The molecular formula is C32H37FN4O4S2. The van der Waals surface area contributed by atoms with E-state index in [0.29, 0.717) is 23.6 Å². The Kier molecular flexibility index (Phi) is 9.67. The normalized spacial score (nSPS) is 19.3. The van der Waals surface area contributed by atoms with E-state index >= 15 is 0 Å². The van der Waals surface area contributed by atoms with E-state index in [1.165, 1.54) is 29.0 Å². The topological polar surface area (TPSA) is 118 Å². The molecule has 1 spiro atoms. The Morgan fingerprint density at radius 3 is 2.63 bits per heavy atom. The molecule has 228 valence electrons. The van der Waals surface area contributed by atoms with Crippen molar-refractivity contribution in [2.75, 3.05) is 18.8 Å². The molecule has 1 aromatic heterocycles. The number of rotatable bonds is 9. The van der Waals surface area contributed by atoms with Gasteiger partial charge in [0.2, 0.25) is 6.41 Å². The molecule has 1 fully saturated rings. The number of likely N-dealkylation sites (tertiary alicyclic amines) is 1.